The quantitative estimate of drug-likeness (QED) is 0.600. The minimum atomic E-state index is -0.199. The topological polar surface area (TPSA) is 80.9 Å². The molecule has 0 aliphatic heterocycles. The van der Waals surface area contributed by atoms with Crippen LogP contribution in [0.25, 0.3) is 22.3 Å². The third-order valence-electron chi connectivity index (χ3n) is 4.39. The minimum absolute atomic E-state index is 0.199. The number of carbonyl (C=O) groups is 1. The molecule has 0 saturated carbocycles. The maximum Gasteiger partial charge on any atom is 0.251 e. The van der Waals surface area contributed by atoms with E-state index in [-0.39, 0.29) is 12.5 Å². The molecule has 2 aromatic heterocycles. The van der Waals surface area contributed by atoms with Crippen molar-refractivity contribution in [1.29, 1.82) is 0 Å². The first-order chi connectivity index (χ1) is 13.1. The smallest absolute Gasteiger partial charge is 0.251 e. The number of carbonyl (C=O) groups excluding carboxylic acids is 1. The summed E-state index contributed by atoms with van der Waals surface area (Å²) in [7, 11) is 0. The van der Waals surface area contributed by atoms with Gasteiger partial charge in [0.25, 0.3) is 5.91 Å². The van der Waals surface area contributed by atoms with Crippen molar-refractivity contribution in [3.8, 4) is 11.3 Å². The number of rotatable bonds is 4. The van der Waals surface area contributed by atoms with E-state index in [0.29, 0.717) is 16.8 Å². The number of amides is 1. The highest BCUT2D eigenvalue weighted by atomic mass is 16.5. The van der Waals surface area contributed by atoms with Crippen LogP contribution in [-0.4, -0.2) is 21.0 Å². The van der Waals surface area contributed by atoms with Gasteiger partial charge in [0.15, 0.2) is 5.76 Å². The number of nitrogens with zero attached hydrogens (tertiary/aromatic N) is 3. The van der Waals surface area contributed by atoms with Crippen LogP contribution < -0.4 is 5.32 Å². The summed E-state index contributed by atoms with van der Waals surface area (Å²) >= 11 is 0. The van der Waals surface area contributed by atoms with Crippen LogP contribution in [0.5, 0.6) is 0 Å². The molecular formula is C21H18N4O2. The normalized spacial score (nSPS) is 10.9. The van der Waals surface area contributed by atoms with Gasteiger partial charge in [-0.05, 0) is 32.0 Å². The lowest BCUT2D eigenvalue weighted by Crippen LogP contribution is -2.22. The van der Waals surface area contributed by atoms with Crippen LogP contribution in [0, 0.1) is 13.8 Å². The summed E-state index contributed by atoms with van der Waals surface area (Å²) in [5.41, 5.74) is 5.47. The van der Waals surface area contributed by atoms with E-state index in [1.54, 1.807) is 12.1 Å². The van der Waals surface area contributed by atoms with Gasteiger partial charge in [-0.15, -0.1) is 0 Å². The van der Waals surface area contributed by atoms with E-state index in [0.717, 1.165) is 28.2 Å². The molecule has 0 unspecified atom stereocenters. The fraction of sp³-hybridized carbons (Fsp3) is 0.143. The number of hydrogen-bond acceptors (Lipinski definition) is 5. The molecule has 1 N–H and O–H groups in total. The average Bonchev–Trinajstić information content (AvgIpc) is 3.16. The Morgan fingerprint density at radius 3 is 2.48 bits per heavy atom. The minimum Gasteiger partial charge on any atom is -0.359 e. The number of fused-ring (bicyclic) bond motifs is 1. The summed E-state index contributed by atoms with van der Waals surface area (Å²) in [6, 6.07) is 16.9. The van der Waals surface area contributed by atoms with Crippen molar-refractivity contribution in [2.24, 2.45) is 0 Å². The average molecular weight is 358 g/mol. The molecule has 0 fully saturated rings. The van der Waals surface area contributed by atoms with Gasteiger partial charge in [0.05, 0.1) is 29.0 Å². The van der Waals surface area contributed by atoms with Gasteiger partial charge in [-0.1, -0.05) is 35.5 Å². The Labute approximate surface area is 156 Å². The molecule has 4 aromatic rings. The van der Waals surface area contributed by atoms with Gasteiger partial charge in [0.1, 0.15) is 5.69 Å². The first-order valence-corrected chi connectivity index (χ1v) is 8.64. The Bertz CT molecular complexity index is 1120. The van der Waals surface area contributed by atoms with Crippen LogP contribution in [0.2, 0.25) is 0 Å². The molecule has 2 aromatic carbocycles. The third kappa shape index (κ3) is 3.55. The Hall–Kier alpha value is -3.54. The summed E-state index contributed by atoms with van der Waals surface area (Å²) < 4.78 is 5.32. The van der Waals surface area contributed by atoms with Gasteiger partial charge < -0.3 is 9.84 Å². The van der Waals surface area contributed by atoms with Gasteiger partial charge in [-0.25, -0.2) is 9.97 Å². The zero-order chi connectivity index (χ0) is 18.8. The highest BCUT2D eigenvalue weighted by molar-refractivity contribution is 5.97. The number of aryl methyl sites for hydroxylation is 2. The van der Waals surface area contributed by atoms with E-state index in [1.807, 2.05) is 56.3 Å². The van der Waals surface area contributed by atoms with Crippen LogP contribution in [0.15, 0.2) is 59.1 Å². The van der Waals surface area contributed by atoms with Crippen LogP contribution in [0.3, 0.4) is 0 Å². The van der Waals surface area contributed by atoms with Crippen LogP contribution in [-0.2, 0) is 6.54 Å². The first-order valence-electron chi connectivity index (χ1n) is 8.64. The van der Waals surface area contributed by atoms with E-state index < -0.39 is 0 Å². The Morgan fingerprint density at radius 1 is 0.963 bits per heavy atom. The molecule has 0 atom stereocenters. The summed E-state index contributed by atoms with van der Waals surface area (Å²) in [5.74, 6) is 0.392. The number of hydrogen-bond donors (Lipinski definition) is 1. The Morgan fingerprint density at radius 2 is 1.70 bits per heavy atom. The molecular weight excluding hydrogens is 340 g/mol. The zero-order valence-corrected chi connectivity index (χ0v) is 15.1. The van der Waals surface area contributed by atoms with Crippen LogP contribution in [0.1, 0.15) is 27.5 Å². The van der Waals surface area contributed by atoms with Crippen molar-refractivity contribution in [1.82, 2.24) is 20.4 Å². The van der Waals surface area contributed by atoms with Gasteiger partial charge in [0.2, 0.25) is 0 Å². The fourth-order valence-electron chi connectivity index (χ4n) is 2.78. The summed E-state index contributed by atoms with van der Waals surface area (Å²) in [6.07, 6.45) is 0. The highest BCUT2D eigenvalue weighted by Crippen LogP contribution is 2.19. The molecule has 0 radical (unpaired) electrons. The van der Waals surface area contributed by atoms with Crippen molar-refractivity contribution < 1.29 is 9.32 Å². The Kier molecular flexibility index (Phi) is 4.38. The maximum atomic E-state index is 12.5. The molecule has 0 aliphatic rings. The lowest BCUT2D eigenvalue weighted by Gasteiger charge is -2.06. The van der Waals surface area contributed by atoms with E-state index in [9.17, 15) is 4.79 Å². The van der Waals surface area contributed by atoms with E-state index in [4.69, 9.17) is 4.52 Å². The van der Waals surface area contributed by atoms with Crippen molar-refractivity contribution in [3.63, 3.8) is 0 Å². The van der Waals surface area contributed by atoms with Gasteiger partial charge in [-0.2, -0.15) is 0 Å². The summed E-state index contributed by atoms with van der Waals surface area (Å²) in [6.45, 7) is 4.08. The molecule has 1 amide bonds. The second kappa shape index (κ2) is 6.99. The predicted molar refractivity (Wildman–Crippen MR) is 102 cm³/mol. The molecule has 4 rings (SSSR count). The van der Waals surface area contributed by atoms with Crippen molar-refractivity contribution in [2.75, 3.05) is 0 Å². The third-order valence-corrected chi connectivity index (χ3v) is 4.39. The molecule has 0 saturated heterocycles. The number of benzene rings is 2. The van der Waals surface area contributed by atoms with E-state index in [1.165, 1.54) is 0 Å². The van der Waals surface area contributed by atoms with Crippen LogP contribution >= 0.6 is 0 Å². The standard InChI is InChI=1S/C21H18N4O2/c1-13-14(2)24-20-10-16(8-9-18(20)23-13)21(26)22-12-17-11-19(25-27-17)15-6-4-3-5-7-15/h3-11H,12H2,1-2H3,(H,22,26). The van der Waals surface area contributed by atoms with Crippen molar-refractivity contribution in [2.45, 2.75) is 20.4 Å². The monoisotopic (exact) mass is 358 g/mol. The number of aromatic nitrogens is 3. The second-order valence-corrected chi connectivity index (χ2v) is 6.33. The van der Waals surface area contributed by atoms with Gasteiger partial charge in [0, 0.05) is 17.2 Å². The largest absolute Gasteiger partial charge is 0.359 e. The molecule has 2 heterocycles. The predicted octanol–water partition coefficient (Wildman–Crippen LogP) is 3.83. The number of nitrogens with one attached hydrogen (secondary N) is 1. The fourth-order valence-corrected chi connectivity index (χ4v) is 2.78. The van der Waals surface area contributed by atoms with Gasteiger partial charge in [-0.3, -0.25) is 4.79 Å². The molecule has 134 valence electrons. The van der Waals surface area contributed by atoms with Crippen molar-refractivity contribution >= 4 is 16.9 Å². The van der Waals surface area contributed by atoms with Gasteiger partial charge >= 0.3 is 0 Å². The summed E-state index contributed by atoms with van der Waals surface area (Å²) in [5, 5.41) is 6.90. The van der Waals surface area contributed by atoms with E-state index in [2.05, 4.69) is 20.4 Å². The maximum absolute atomic E-state index is 12.5. The highest BCUT2D eigenvalue weighted by Gasteiger charge is 2.11. The first kappa shape index (κ1) is 16.9. The molecule has 6 heteroatoms. The van der Waals surface area contributed by atoms with E-state index >= 15 is 0 Å². The molecule has 0 spiro atoms. The molecule has 27 heavy (non-hydrogen) atoms. The van der Waals surface area contributed by atoms with Crippen LogP contribution in [0.4, 0.5) is 0 Å². The SMILES string of the molecule is Cc1nc2ccc(C(=O)NCc3cc(-c4ccccc4)no3)cc2nc1C. The summed E-state index contributed by atoms with van der Waals surface area (Å²) in [4.78, 5) is 21.5. The molecule has 0 aliphatic carbocycles. The van der Waals surface area contributed by atoms with Crippen molar-refractivity contribution in [3.05, 3.63) is 77.3 Å². The zero-order valence-electron chi connectivity index (χ0n) is 15.1. The molecule has 0 bridgehead atoms. The molecule has 6 nitrogen and oxygen atoms in total. The lowest BCUT2D eigenvalue weighted by molar-refractivity contribution is 0.0947. The lowest BCUT2D eigenvalue weighted by atomic mass is 10.1. The second-order valence-electron chi connectivity index (χ2n) is 6.33. The Balaban J connectivity index is 1.47.